The van der Waals surface area contributed by atoms with Crippen molar-refractivity contribution in [3.05, 3.63) is 92.6 Å². The molecule has 0 bridgehead atoms. The Morgan fingerprint density at radius 3 is 2.85 bits per heavy atom. The van der Waals surface area contributed by atoms with Crippen molar-refractivity contribution in [3.63, 3.8) is 0 Å². The molecule has 2 aromatic carbocycles. The smallest absolute Gasteiger partial charge is 0.256 e. The fourth-order valence-electron chi connectivity index (χ4n) is 4.59. The second-order valence-corrected chi connectivity index (χ2v) is 9.49. The van der Waals surface area contributed by atoms with E-state index in [1.807, 2.05) is 12.1 Å². The van der Waals surface area contributed by atoms with Crippen LogP contribution in [0.5, 0.6) is 0 Å². The van der Waals surface area contributed by atoms with Crippen LogP contribution in [0.25, 0.3) is 0 Å². The molecule has 1 aliphatic heterocycles. The zero-order valence-corrected chi connectivity index (χ0v) is 19.0. The average molecular weight is 465 g/mol. The zero-order valence-electron chi connectivity index (χ0n) is 18.1. The summed E-state index contributed by atoms with van der Waals surface area (Å²) in [7, 11) is 0. The number of halogens is 1. The molecular formula is C25H25FN4O2S. The van der Waals surface area contributed by atoms with E-state index in [9.17, 15) is 14.0 Å². The molecular weight excluding hydrogens is 439 g/mol. The first kappa shape index (κ1) is 21.9. The van der Waals surface area contributed by atoms with Crippen LogP contribution in [-0.2, 0) is 30.7 Å². The lowest BCUT2D eigenvalue weighted by Crippen LogP contribution is -2.35. The topological polar surface area (TPSA) is 78.1 Å². The molecule has 0 spiro atoms. The number of fused-ring (bicyclic) bond motifs is 2. The van der Waals surface area contributed by atoms with E-state index in [-0.39, 0.29) is 29.1 Å². The standard InChI is InChI=1S/C25H25FN4O2S/c26-18-8-5-16(6-9-18)13-30-12-11-22-20(14-30)24(32)29-25(28-22)33-15-23(31)27-21-10-7-17-3-1-2-4-19(17)21/h1-6,8-9,21H,7,10-15H2,(H,27,31)(H,28,29,32)/t21-/m1/s1. The van der Waals surface area contributed by atoms with Crippen molar-refractivity contribution >= 4 is 17.7 Å². The maximum atomic E-state index is 13.1. The maximum Gasteiger partial charge on any atom is 0.256 e. The zero-order chi connectivity index (χ0) is 22.8. The first-order valence-corrected chi connectivity index (χ1v) is 12.1. The number of nitrogens with zero attached hydrogens (tertiary/aromatic N) is 2. The molecule has 1 aliphatic carbocycles. The van der Waals surface area contributed by atoms with Crippen LogP contribution >= 0.6 is 11.8 Å². The SMILES string of the molecule is O=C(CSc1nc2c(c(=O)[nH]1)CN(Cc1ccc(F)cc1)CC2)N[C@@H]1CCc2ccccc21. The number of hydrogen-bond donors (Lipinski definition) is 2. The predicted octanol–water partition coefficient (Wildman–Crippen LogP) is 3.36. The minimum absolute atomic E-state index is 0.0527. The first-order valence-electron chi connectivity index (χ1n) is 11.1. The van der Waals surface area contributed by atoms with Crippen molar-refractivity contribution in [1.29, 1.82) is 0 Å². The summed E-state index contributed by atoms with van der Waals surface area (Å²) in [4.78, 5) is 34.8. The highest BCUT2D eigenvalue weighted by Crippen LogP contribution is 2.30. The molecule has 1 atom stereocenters. The Labute approximate surface area is 195 Å². The molecule has 0 saturated carbocycles. The lowest BCUT2D eigenvalue weighted by molar-refractivity contribution is -0.119. The summed E-state index contributed by atoms with van der Waals surface area (Å²) >= 11 is 1.26. The molecule has 170 valence electrons. The minimum Gasteiger partial charge on any atom is -0.349 e. The first-order chi connectivity index (χ1) is 16.0. The molecule has 2 N–H and O–H groups in total. The average Bonchev–Trinajstić information content (AvgIpc) is 3.22. The highest BCUT2D eigenvalue weighted by atomic mass is 32.2. The molecule has 33 heavy (non-hydrogen) atoms. The Hall–Kier alpha value is -2.97. The summed E-state index contributed by atoms with van der Waals surface area (Å²) < 4.78 is 13.1. The normalized spacial score (nSPS) is 17.4. The van der Waals surface area contributed by atoms with Crippen LogP contribution < -0.4 is 10.9 Å². The van der Waals surface area contributed by atoms with Gasteiger partial charge in [-0.1, -0.05) is 48.2 Å². The van der Waals surface area contributed by atoms with Gasteiger partial charge in [-0.15, -0.1) is 0 Å². The van der Waals surface area contributed by atoms with Crippen molar-refractivity contribution < 1.29 is 9.18 Å². The van der Waals surface area contributed by atoms with Gasteiger partial charge >= 0.3 is 0 Å². The molecule has 1 amide bonds. The predicted molar refractivity (Wildman–Crippen MR) is 125 cm³/mol. The third-order valence-electron chi connectivity index (χ3n) is 6.25. The maximum absolute atomic E-state index is 13.1. The van der Waals surface area contributed by atoms with E-state index in [1.165, 1.54) is 35.0 Å². The summed E-state index contributed by atoms with van der Waals surface area (Å²) in [6.07, 6.45) is 2.56. The molecule has 0 saturated heterocycles. The molecule has 0 unspecified atom stereocenters. The van der Waals surface area contributed by atoms with Gasteiger partial charge in [0.05, 0.1) is 23.1 Å². The Kier molecular flexibility index (Phi) is 6.28. The summed E-state index contributed by atoms with van der Waals surface area (Å²) in [6, 6.07) is 14.7. The van der Waals surface area contributed by atoms with Gasteiger partial charge in [-0.05, 0) is 41.7 Å². The second kappa shape index (κ2) is 9.49. The van der Waals surface area contributed by atoms with Crippen molar-refractivity contribution in [2.24, 2.45) is 0 Å². The molecule has 0 radical (unpaired) electrons. The molecule has 6 nitrogen and oxygen atoms in total. The third-order valence-corrected chi connectivity index (χ3v) is 7.13. The number of nitrogens with one attached hydrogen (secondary N) is 2. The highest BCUT2D eigenvalue weighted by molar-refractivity contribution is 7.99. The van der Waals surface area contributed by atoms with Crippen LogP contribution in [0.4, 0.5) is 4.39 Å². The number of thioether (sulfide) groups is 1. The van der Waals surface area contributed by atoms with Gasteiger partial charge in [0, 0.05) is 26.1 Å². The highest BCUT2D eigenvalue weighted by Gasteiger charge is 2.24. The Bertz CT molecular complexity index is 1230. The van der Waals surface area contributed by atoms with E-state index in [4.69, 9.17) is 0 Å². The number of carbonyl (C=O) groups excluding carboxylic acids is 1. The third kappa shape index (κ3) is 5.02. The fraction of sp³-hybridized carbons (Fsp3) is 0.320. The number of carbonyl (C=O) groups is 1. The quantitative estimate of drug-likeness (QED) is 0.432. The van der Waals surface area contributed by atoms with Gasteiger partial charge in [0.25, 0.3) is 5.56 Å². The monoisotopic (exact) mass is 464 g/mol. The summed E-state index contributed by atoms with van der Waals surface area (Å²) in [5.41, 5.74) is 4.80. The number of aromatic nitrogens is 2. The minimum atomic E-state index is -0.254. The summed E-state index contributed by atoms with van der Waals surface area (Å²) in [5, 5.41) is 3.58. The number of rotatable bonds is 6. The molecule has 3 aromatic rings. The lowest BCUT2D eigenvalue weighted by Gasteiger charge is -2.27. The van der Waals surface area contributed by atoms with Gasteiger partial charge in [0.2, 0.25) is 5.91 Å². The van der Waals surface area contributed by atoms with E-state index in [1.54, 1.807) is 12.1 Å². The van der Waals surface area contributed by atoms with E-state index in [0.29, 0.717) is 30.2 Å². The Balaban J connectivity index is 1.18. The van der Waals surface area contributed by atoms with E-state index >= 15 is 0 Å². The largest absolute Gasteiger partial charge is 0.349 e. The molecule has 2 aliphatic rings. The van der Waals surface area contributed by atoms with Crippen LogP contribution in [0.3, 0.4) is 0 Å². The van der Waals surface area contributed by atoms with Gasteiger partial charge in [0.1, 0.15) is 5.82 Å². The van der Waals surface area contributed by atoms with E-state index < -0.39 is 0 Å². The van der Waals surface area contributed by atoms with Gasteiger partial charge in [-0.25, -0.2) is 9.37 Å². The lowest BCUT2D eigenvalue weighted by atomic mass is 10.1. The van der Waals surface area contributed by atoms with Gasteiger partial charge in [-0.3, -0.25) is 14.5 Å². The van der Waals surface area contributed by atoms with Gasteiger partial charge in [0.15, 0.2) is 5.16 Å². The molecule has 1 aromatic heterocycles. The summed E-state index contributed by atoms with van der Waals surface area (Å²) in [6.45, 7) is 1.92. The van der Waals surface area contributed by atoms with Crippen molar-refractivity contribution in [1.82, 2.24) is 20.2 Å². The number of H-pyrrole nitrogens is 1. The number of aromatic amines is 1. The summed E-state index contributed by atoms with van der Waals surface area (Å²) in [5.74, 6) is -0.112. The van der Waals surface area contributed by atoms with Crippen LogP contribution in [0.1, 0.15) is 40.4 Å². The van der Waals surface area contributed by atoms with Crippen LogP contribution in [0.15, 0.2) is 58.5 Å². The van der Waals surface area contributed by atoms with Crippen molar-refractivity contribution in [2.45, 2.75) is 43.6 Å². The van der Waals surface area contributed by atoms with Crippen LogP contribution in [0, 0.1) is 5.82 Å². The number of hydrogen-bond acceptors (Lipinski definition) is 5. The van der Waals surface area contributed by atoms with E-state index in [2.05, 4.69) is 32.3 Å². The number of aryl methyl sites for hydroxylation is 1. The second-order valence-electron chi connectivity index (χ2n) is 8.53. The molecule has 8 heteroatoms. The number of amides is 1. The molecule has 5 rings (SSSR count). The van der Waals surface area contributed by atoms with Crippen LogP contribution in [-0.4, -0.2) is 33.1 Å². The molecule has 0 fully saturated rings. The van der Waals surface area contributed by atoms with E-state index in [0.717, 1.165) is 30.6 Å². The van der Waals surface area contributed by atoms with Crippen molar-refractivity contribution in [2.75, 3.05) is 12.3 Å². The number of benzene rings is 2. The van der Waals surface area contributed by atoms with Crippen LogP contribution in [0.2, 0.25) is 0 Å². The Morgan fingerprint density at radius 2 is 2.00 bits per heavy atom. The Morgan fingerprint density at radius 1 is 1.18 bits per heavy atom. The molecule has 2 heterocycles. The fourth-order valence-corrected chi connectivity index (χ4v) is 5.28. The van der Waals surface area contributed by atoms with Gasteiger partial charge < -0.3 is 10.3 Å². The van der Waals surface area contributed by atoms with Crippen molar-refractivity contribution in [3.8, 4) is 0 Å². The van der Waals surface area contributed by atoms with Gasteiger partial charge in [-0.2, -0.15) is 0 Å².